The standard InChI is InChI=1S/C17H21BrN4/c1-13-11-17(20-12-19-13)22-9-7-21(8-10-22)14(2)15-3-5-16(18)6-4-15/h3-6,11-12,14H,7-10H2,1-2H3. The molecule has 0 radical (unpaired) electrons. The third-order valence-corrected chi connectivity index (χ3v) is 4.86. The number of hydrogen-bond acceptors (Lipinski definition) is 4. The van der Waals surface area contributed by atoms with Crippen LogP contribution in [-0.4, -0.2) is 41.0 Å². The van der Waals surface area contributed by atoms with E-state index in [-0.39, 0.29) is 0 Å². The van der Waals surface area contributed by atoms with Crippen LogP contribution in [0, 0.1) is 6.92 Å². The predicted octanol–water partition coefficient (Wildman–Crippen LogP) is 3.43. The maximum absolute atomic E-state index is 4.39. The van der Waals surface area contributed by atoms with Crippen molar-refractivity contribution in [1.29, 1.82) is 0 Å². The van der Waals surface area contributed by atoms with Gasteiger partial charge in [0, 0.05) is 48.5 Å². The summed E-state index contributed by atoms with van der Waals surface area (Å²) in [5.41, 5.74) is 2.39. The quantitative estimate of drug-likeness (QED) is 0.839. The van der Waals surface area contributed by atoms with E-state index in [1.165, 1.54) is 5.56 Å². The molecule has 1 atom stereocenters. The van der Waals surface area contributed by atoms with Gasteiger partial charge in [0.2, 0.25) is 0 Å². The predicted molar refractivity (Wildman–Crippen MR) is 93.1 cm³/mol. The molecule has 2 aromatic rings. The van der Waals surface area contributed by atoms with Gasteiger partial charge in [-0.3, -0.25) is 4.90 Å². The van der Waals surface area contributed by atoms with Crippen molar-refractivity contribution in [2.75, 3.05) is 31.1 Å². The van der Waals surface area contributed by atoms with Crippen molar-refractivity contribution >= 4 is 21.7 Å². The van der Waals surface area contributed by atoms with Crippen LogP contribution in [-0.2, 0) is 0 Å². The van der Waals surface area contributed by atoms with E-state index in [9.17, 15) is 0 Å². The first kappa shape index (κ1) is 15.4. The number of piperazine rings is 1. The molecule has 4 nitrogen and oxygen atoms in total. The van der Waals surface area contributed by atoms with Crippen molar-refractivity contribution in [2.24, 2.45) is 0 Å². The molecule has 2 heterocycles. The zero-order valence-corrected chi connectivity index (χ0v) is 14.6. The molecular formula is C17H21BrN4. The molecule has 0 aliphatic carbocycles. The van der Waals surface area contributed by atoms with E-state index in [1.807, 2.05) is 6.92 Å². The number of halogens is 1. The van der Waals surface area contributed by atoms with Gasteiger partial charge in [-0.1, -0.05) is 28.1 Å². The number of aromatic nitrogens is 2. The smallest absolute Gasteiger partial charge is 0.132 e. The molecule has 5 heteroatoms. The van der Waals surface area contributed by atoms with Gasteiger partial charge in [0.15, 0.2) is 0 Å². The summed E-state index contributed by atoms with van der Waals surface area (Å²) >= 11 is 3.50. The SMILES string of the molecule is Cc1cc(N2CCN(C(C)c3ccc(Br)cc3)CC2)ncn1. The van der Waals surface area contributed by atoms with Crippen molar-refractivity contribution in [2.45, 2.75) is 19.9 Å². The molecule has 116 valence electrons. The topological polar surface area (TPSA) is 32.3 Å². The van der Waals surface area contributed by atoms with Crippen LogP contribution in [0.4, 0.5) is 5.82 Å². The highest BCUT2D eigenvalue weighted by atomic mass is 79.9. The van der Waals surface area contributed by atoms with Crippen LogP contribution in [0.1, 0.15) is 24.2 Å². The zero-order chi connectivity index (χ0) is 15.5. The minimum Gasteiger partial charge on any atom is -0.354 e. The van der Waals surface area contributed by atoms with Gasteiger partial charge in [-0.05, 0) is 31.5 Å². The summed E-state index contributed by atoms with van der Waals surface area (Å²) in [4.78, 5) is 13.4. The number of hydrogen-bond donors (Lipinski definition) is 0. The molecule has 1 fully saturated rings. The van der Waals surface area contributed by atoms with E-state index >= 15 is 0 Å². The van der Waals surface area contributed by atoms with Crippen LogP contribution in [0.5, 0.6) is 0 Å². The maximum atomic E-state index is 4.39. The highest BCUT2D eigenvalue weighted by molar-refractivity contribution is 9.10. The number of anilines is 1. The van der Waals surface area contributed by atoms with Gasteiger partial charge in [-0.25, -0.2) is 9.97 Å². The maximum Gasteiger partial charge on any atom is 0.132 e. The fourth-order valence-electron chi connectivity index (χ4n) is 2.90. The molecule has 0 spiro atoms. The molecule has 1 aliphatic heterocycles. The Balaban J connectivity index is 1.62. The van der Waals surface area contributed by atoms with Crippen LogP contribution in [0.2, 0.25) is 0 Å². The molecule has 1 saturated heterocycles. The summed E-state index contributed by atoms with van der Waals surface area (Å²) in [6.45, 7) is 8.43. The third kappa shape index (κ3) is 3.47. The second kappa shape index (κ2) is 6.75. The molecule has 0 amide bonds. The van der Waals surface area contributed by atoms with Gasteiger partial charge in [-0.2, -0.15) is 0 Å². The van der Waals surface area contributed by atoms with Gasteiger partial charge < -0.3 is 4.90 Å². The van der Waals surface area contributed by atoms with E-state index < -0.39 is 0 Å². The van der Waals surface area contributed by atoms with Crippen LogP contribution < -0.4 is 4.90 Å². The highest BCUT2D eigenvalue weighted by Gasteiger charge is 2.22. The Morgan fingerprint density at radius 3 is 2.36 bits per heavy atom. The Kier molecular flexibility index (Phi) is 4.74. The molecule has 1 unspecified atom stereocenters. The average molecular weight is 361 g/mol. The fraction of sp³-hybridized carbons (Fsp3) is 0.412. The van der Waals surface area contributed by atoms with Crippen molar-refractivity contribution in [1.82, 2.24) is 14.9 Å². The number of nitrogens with zero attached hydrogens (tertiary/aromatic N) is 4. The first-order valence-electron chi connectivity index (χ1n) is 7.66. The lowest BCUT2D eigenvalue weighted by atomic mass is 10.1. The van der Waals surface area contributed by atoms with Crippen molar-refractivity contribution in [3.8, 4) is 0 Å². The Morgan fingerprint density at radius 1 is 1.05 bits per heavy atom. The largest absolute Gasteiger partial charge is 0.354 e. The molecule has 1 aromatic carbocycles. The van der Waals surface area contributed by atoms with Crippen molar-refractivity contribution in [3.63, 3.8) is 0 Å². The summed E-state index contributed by atoms with van der Waals surface area (Å²) in [5, 5.41) is 0. The number of benzene rings is 1. The lowest BCUT2D eigenvalue weighted by Gasteiger charge is -2.38. The van der Waals surface area contributed by atoms with Crippen LogP contribution >= 0.6 is 15.9 Å². The van der Waals surface area contributed by atoms with E-state index in [0.717, 1.165) is 42.2 Å². The average Bonchev–Trinajstić information content (AvgIpc) is 2.55. The minimum absolute atomic E-state index is 0.447. The fourth-order valence-corrected chi connectivity index (χ4v) is 3.17. The number of aryl methyl sites for hydroxylation is 1. The minimum atomic E-state index is 0.447. The van der Waals surface area contributed by atoms with Gasteiger partial charge in [0.1, 0.15) is 12.1 Å². The summed E-state index contributed by atoms with van der Waals surface area (Å²) in [5.74, 6) is 1.04. The van der Waals surface area contributed by atoms with Gasteiger partial charge in [0.05, 0.1) is 0 Å². The molecule has 3 rings (SSSR count). The van der Waals surface area contributed by atoms with Gasteiger partial charge in [0.25, 0.3) is 0 Å². The molecule has 1 aliphatic rings. The second-order valence-electron chi connectivity index (χ2n) is 5.77. The van der Waals surface area contributed by atoms with E-state index in [4.69, 9.17) is 0 Å². The number of rotatable bonds is 3. The van der Waals surface area contributed by atoms with Crippen LogP contribution in [0.3, 0.4) is 0 Å². The molecule has 0 N–H and O–H groups in total. The Hall–Kier alpha value is -1.46. The van der Waals surface area contributed by atoms with E-state index in [1.54, 1.807) is 6.33 Å². The Labute approximate surface area is 140 Å². The van der Waals surface area contributed by atoms with E-state index in [0.29, 0.717) is 6.04 Å². The lowest BCUT2D eigenvalue weighted by molar-refractivity contribution is 0.198. The summed E-state index contributed by atoms with van der Waals surface area (Å²) < 4.78 is 1.13. The molecule has 0 bridgehead atoms. The lowest BCUT2D eigenvalue weighted by Crippen LogP contribution is -2.47. The first-order chi connectivity index (χ1) is 10.6. The zero-order valence-electron chi connectivity index (χ0n) is 13.0. The highest BCUT2D eigenvalue weighted by Crippen LogP contribution is 2.24. The Bertz CT molecular complexity index is 621. The van der Waals surface area contributed by atoms with Gasteiger partial charge >= 0.3 is 0 Å². The third-order valence-electron chi connectivity index (χ3n) is 4.33. The summed E-state index contributed by atoms with van der Waals surface area (Å²) in [6.07, 6.45) is 1.65. The molecule has 0 saturated carbocycles. The molecule has 1 aromatic heterocycles. The Morgan fingerprint density at radius 2 is 1.73 bits per heavy atom. The van der Waals surface area contributed by atoms with E-state index in [2.05, 4.69) is 73.0 Å². The second-order valence-corrected chi connectivity index (χ2v) is 6.68. The molecular weight excluding hydrogens is 340 g/mol. The normalized spacial score (nSPS) is 17.5. The van der Waals surface area contributed by atoms with Crippen LogP contribution in [0.25, 0.3) is 0 Å². The molecule has 22 heavy (non-hydrogen) atoms. The van der Waals surface area contributed by atoms with Crippen molar-refractivity contribution in [3.05, 3.63) is 52.4 Å². The van der Waals surface area contributed by atoms with Gasteiger partial charge in [-0.15, -0.1) is 0 Å². The monoisotopic (exact) mass is 360 g/mol. The summed E-state index contributed by atoms with van der Waals surface area (Å²) in [6, 6.07) is 11.2. The summed E-state index contributed by atoms with van der Waals surface area (Å²) in [7, 11) is 0. The van der Waals surface area contributed by atoms with Crippen LogP contribution in [0.15, 0.2) is 41.1 Å². The first-order valence-corrected chi connectivity index (χ1v) is 8.46. The van der Waals surface area contributed by atoms with Crippen molar-refractivity contribution < 1.29 is 0 Å².